The van der Waals surface area contributed by atoms with Crippen molar-refractivity contribution in [2.75, 3.05) is 5.32 Å². The van der Waals surface area contributed by atoms with Crippen LogP contribution in [0.4, 0.5) is 18.7 Å². The Balaban J connectivity index is 2.55. The molecule has 2 N–H and O–H groups in total. The molecule has 7 heteroatoms. The number of rotatable bonds is 1. The van der Waals surface area contributed by atoms with Gasteiger partial charge in [0.2, 0.25) is 0 Å². The van der Waals surface area contributed by atoms with E-state index >= 15 is 0 Å². The molecule has 0 aliphatic heterocycles. The van der Waals surface area contributed by atoms with Gasteiger partial charge >= 0.3 is 6.09 Å². The summed E-state index contributed by atoms with van der Waals surface area (Å²) in [6.07, 6.45) is -1.30. The van der Waals surface area contributed by atoms with E-state index in [9.17, 15) is 13.6 Å². The number of aromatic nitrogens is 1. The van der Waals surface area contributed by atoms with Gasteiger partial charge in [-0.3, -0.25) is 5.32 Å². The Morgan fingerprint density at radius 3 is 2.87 bits per heavy atom. The first kappa shape index (κ1) is 9.78. The van der Waals surface area contributed by atoms with E-state index in [1.54, 1.807) is 0 Å². The second-order valence-corrected chi connectivity index (χ2v) is 3.71. The Hall–Kier alpha value is -1.76. The lowest BCUT2D eigenvalue weighted by atomic mass is 10.3. The van der Waals surface area contributed by atoms with Gasteiger partial charge in [-0.25, -0.2) is 18.6 Å². The number of fused-ring (bicyclic) bond motifs is 1. The Labute approximate surface area is 86.2 Å². The number of anilines is 1. The standard InChI is InChI=1S/C8H4F2N2O2S/c9-3-1-4(10)6-5(2-3)15-7(11-6)12-8(13)14/h1-2H,(H,11,12)(H,13,14). The van der Waals surface area contributed by atoms with E-state index in [4.69, 9.17) is 5.11 Å². The number of amides is 1. The average molecular weight is 230 g/mol. The van der Waals surface area contributed by atoms with E-state index in [-0.39, 0.29) is 15.3 Å². The minimum absolute atomic E-state index is 0.0157. The normalized spacial score (nSPS) is 10.5. The van der Waals surface area contributed by atoms with Crippen LogP contribution in [0.2, 0.25) is 0 Å². The van der Waals surface area contributed by atoms with Gasteiger partial charge in [-0.1, -0.05) is 11.3 Å². The molecule has 78 valence electrons. The Morgan fingerprint density at radius 2 is 2.20 bits per heavy atom. The van der Waals surface area contributed by atoms with Gasteiger partial charge in [0.25, 0.3) is 0 Å². The van der Waals surface area contributed by atoms with Crippen molar-refractivity contribution < 1.29 is 18.7 Å². The summed E-state index contributed by atoms with van der Waals surface area (Å²) in [5.74, 6) is -1.52. The van der Waals surface area contributed by atoms with Gasteiger partial charge in [-0.15, -0.1) is 0 Å². The molecule has 15 heavy (non-hydrogen) atoms. The molecular weight excluding hydrogens is 226 g/mol. The predicted octanol–water partition coefficient (Wildman–Crippen LogP) is 2.66. The first-order valence-corrected chi connectivity index (χ1v) is 4.63. The van der Waals surface area contributed by atoms with Crippen molar-refractivity contribution in [2.45, 2.75) is 0 Å². The number of halogens is 2. The fourth-order valence-corrected chi connectivity index (χ4v) is 2.00. The summed E-state index contributed by atoms with van der Waals surface area (Å²) < 4.78 is 26.2. The average Bonchev–Trinajstić information content (AvgIpc) is 2.45. The summed E-state index contributed by atoms with van der Waals surface area (Å²) in [7, 11) is 0. The summed E-state index contributed by atoms with van der Waals surface area (Å²) in [4.78, 5) is 14.0. The van der Waals surface area contributed by atoms with Crippen molar-refractivity contribution in [1.82, 2.24) is 4.98 Å². The zero-order chi connectivity index (χ0) is 11.0. The molecule has 2 rings (SSSR count). The molecule has 1 aromatic heterocycles. The van der Waals surface area contributed by atoms with Crippen molar-refractivity contribution >= 4 is 32.8 Å². The number of nitrogens with one attached hydrogen (secondary N) is 1. The summed E-state index contributed by atoms with van der Waals surface area (Å²) in [5.41, 5.74) is -0.0369. The number of hydrogen-bond donors (Lipinski definition) is 2. The van der Waals surface area contributed by atoms with Crippen LogP contribution in [0, 0.1) is 11.6 Å². The third-order valence-corrected chi connectivity index (χ3v) is 2.54. The van der Waals surface area contributed by atoms with E-state index in [2.05, 4.69) is 4.98 Å². The van der Waals surface area contributed by atoms with Crippen LogP contribution >= 0.6 is 11.3 Å². The predicted molar refractivity (Wildman–Crippen MR) is 51.2 cm³/mol. The molecule has 0 aliphatic rings. The SMILES string of the molecule is O=C(O)Nc1nc2c(F)cc(F)cc2s1. The fourth-order valence-electron chi connectivity index (χ4n) is 1.10. The molecule has 1 amide bonds. The van der Waals surface area contributed by atoms with Crippen LogP contribution in [0.5, 0.6) is 0 Å². The molecule has 0 saturated heterocycles. The van der Waals surface area contributed by atoms with Crippen LogP contribution in [-0.2, 0) is 0 Å². The second kappa shape index (κ2) is 3.43. The maximum atomic E-state index is 13.1. The highest BCUT2D eigenvalue weighted by molar-refractivity contribution is 7.22. The Bertz CT molecular complexity index is 541. The van der Waals surface area contributed by atoms with E-state index < -0.39 is 17.7 Å². The number of benzene rings is 1. The third-order valence-electron chi connectivity index (χ3n) is 1.63. The maximum absolute atomic E-state index is 13.1. The smallest absolute Gasteiger partial charge is 0.410 e. The lowest BCUT2D eigenvalue weighted by Crippen LogP contribution is -2.06. The molecular formula is C8H4F2N2O2S. The maximum Gasteiger partial charge on any atom is 0.410 e. The molecule has 1 aromatic carbocycles. The third kappa shape index (κ3) is 1.86. The Morgan fingerprint density at radius 1 is 1.47 bits per heavy atom. The van der Waals surface area contributed by atoms with Crippen LogP contribution in [0.15, 0.2) is 12.1 Å². The molecule has 0 bridgehead atoms. The highest BCUT2D eigenvalue weighted by atomic mass is 32.1. The molecule has 0 atom stereocenters. The van der Waals surface area contributed by atoms with Gasteiger partial charge in [0, 0.05) is 6.07 Å². The molecule has 0 spiro atoms. The van der Waals surface area contributed by atoms with Crippen molar-refractivity contribution in [3.63, 3.8) is 0 Å². The van der Waals surface area contributed by atoms with Crippen molar-refractivity contribution in [1.29, 1.82) is 0 Å². The number of thiazole rings is 1. The number of carboxylic acid groups (broad SMARTS) is 1. The molecule has 2 aromatic rings. The largest absolute Gasteiger partial charge is 0.465 e. The first-order valence-electron chi connectivity index (χ1n) is 3.82. The molecule has 1 heterocycles. The van der Waals surface area contributed by atoms with Gasteiger partial charge in [0.1, 0.15) is 11.3 Å². The zero-order valence-electron chi connectivity index (χ0n) is 7.12. The second-order valence-electron chi connectivity index (χ2n) is 2.68. The molecule has 0 radical (unpaired) electrons. The van der Waals surface area contributed by atoms with E-state index in [0.29, 0.717) is 6.07 Å². The summed E-state index contributed by atoms with van der Waals surface area (Å²) in [5, 5.41) is 10.4. The van der Waals surface area contributed by atoms with Crippen molar-refractivity contribution in [3.05, 3.63) is 23.8 Å². The molecule has 0 fully saturated rings. The highest BCUT2D eigenvalue weighted by Crippen LogP contribution is 2.28. The Kier molecular flexibility index (Phi) is 2.24. The van der Waals surface area contributed by atoms with Crippen LogP contribution in [0.3, 0.4) is 0 Å². The molecule has 4 nitrogen and oxygen atoms in total. The zero-order valence-corrected chi connectivity index (χ0v) is 7.94. The van der Waals surface area contributed by atoms with E-state index in [0.717, 1.165) is 17.4 Å². The minimum Gasteiger partial charge on any atom is -0.465 e. The molecule has 0 saturated carbocycles. The lowest BCUT2D eigenvalue weighted by molar-refractivity contribution is 0.209. The fraction of sp³-hybridized carbons (Fsp3) is 0. The van der Waals surface area contributed by atoms with Crippen LogP contribution in [0.1, 0.15) is 0 Å². The van der Waals surface area contributed by atoms with Crippen LogP contribution < -0.4 is 5.32 Å². The van der Waals surface area contributed by atoms with Crippen LogP contribution in [-0.4, -0.2) is 16.2 Å². The lowest BCUT2D eigenvalue weighted by Gasteiger charge is -1.90. The summed E-state index contributed by atoms with van der Waals surface area (Å²) >= 11 is 0.871. The van der Waals surface area contributed by atoms with E-state index in [1.165, 1.54) is 0 Å². The van der Waals surface area contributed by atoms with Gasteiger partial charge in [-0.05, 0) is 6.07 Å². The molecule has 0 aliphatic carbocycles. The number of carbonyl (C=O) groups is 1. The summed E-state index contributed by atoms with van der Waals surface area (Å²) in [6.45, 7) is 0. The highest BCUT2D eigenvalue weighted by Gasteiger charge is 2.11. The van der Waals surface area contributed by atoms with Gasteiger partial charge < -0.3 is 5.11 Å². The van der Waals surface area contributed by atoms with Crippen molar-refractivity contribution in [2.24, 2.45) is 0 Å². The minimum atomic E-state index is -1.30. The van der Waals surface area contributed by atoms with Gasteiger partial charge in [0.15, 0.2) is 10.9 Å². The summed E-state index contributed by atoms with van der Waals surface area (Å²) in [6, 6.07) is 1.80. The van der Waals surface area contributed by atoms with Crippen LogP contribution in [0.25, 0.3) is 10.2 Å². The van der Waals surface area contributed by atoms with Gasteiger partial charge in [0.05, 0.1) is 4.70 Å². The van der Waals surface area contributed by atoms with E-state index in [1.807, 2.05) is 5.32 Å². The van der Waals surface area contributed by atoms with Crippen molar-refractivity contribution in [3.8, 4) is 0 Å². The quantitative estimate of drug-likeness (QED) is 0.791. The monoisotopic (exact) mass is 230 g/mol. The molecule has 0 unspecified atom stereocenters. The topological polar surface area (TPSA) is 62.2 Å². The number of hydrogen-bond acceptors (Lipinski definition) is 3. The first-order chi connectivity index (χ1) is 7.06. The number of nitrogens with zero attached hydrogens (tertiary/aromatic N) is 1. The van der Waals surface area contributed by atoms with Gasteiger partial charge in [-0.2, -0.15) is 0 Å².